The summed E-state index contributed by atoms with van der Waals surface area (Å²) >= 11 is 0. The van der Waals surface area contributed by atoms with Crippen molar-refractivity contribution in [2.75, 3.05) is 11.9 Å². The van der Waals surface area contributed by atoms with Gasteiger partial charge in [-0.15, -0.1) is 0 Å². The van der Waals surface area contributed by atoms with E-state index in [-0.39, 0.29) is 13.2 Å². The number of anilines is 1. The molecule has 1 unspecified atom stereocenters. The highest BCUT2D eigenvalue weighted by molar-refractivity contribution is 6.05. The molecule has 0 heterocycles. The molecule has 0 spiro atoms. The zero-order chi connectivity index (χ0) is 16.0. The van der Waals surface area contributed by atoms with E-state index in [4.69, 9.17) is 9.84 Å². The number of hydrogen-bond donors (Lipinski definition) is 2. The molecule has 0 aliphatic carbocycles. The molecule has 1 aromatic carbocycles. The fourth-order valence-corrected chi connectivity index (χ4v) is 1.99. The Morgan fingerprint density at radius 3 is 2.24 bits per heavy atom. The number of rotatable bonds is 5. The van der Waals surface area contributed by atoms with Crippen LogP contribution in [0.15, 0.2) is 24.3 Å². The zero-order valence-electron chi connectivity index (χ0n) is 13.0. The number of ether oxygens (including phenoxy) is 1. The Kier molecular flexibility index (Phi) is 5.90. The van der Waals surface area contributed by atoms with Crippen LogP contribution in [0, 0.1) is 11.3 Å². The second kappa shape index (κ2) is 7.22. The molecule has 1 atom stereocenters. The monoisotopic (exact) mass is 293 g/mol. The molecule has 0 bridgehead atoms. The minimum absolute atomic E-state index is 0.0539. The summed E-state index contributed by atoms with van der Waals surface area (Å²) in [6, 6.07) is 6.81. The molecule has 5 heteroatoms. The average molecular weight is 293 g/mol. The standard InChI is InChI=1S/C16H23NO4/c1-5-21-15(20)13(16(2,3)4)14(19)17-12-8-6-11(10-18)7-9-12/h6-9,13,18H,5,10H2,1-4H3,(H,17,19). The first kappa shape index (κ1) is 17.2. The van der Waals surface area contributed by atoms with Crippen LogP contribution in [0.1, 0.15) is 33.3 Å². The molecule has 2 N–H and O–H groups in total. The van der Waals surface area contributed by atoms with Crippen molar-refractivity contribution in [3.8, 4) is 0 Å². The van der Waals surface area contributed by atoms with Gasteiger partial charge < -0.3 is 15.2 Å². The van der Waals surface area contributed by atoms with E-state index in [1.165, 1.54) is 0 Å². The van der Waals surface area contributed by atoms with E-state index >= 15 is 0 Å². The van der Waals surface area contributed by atoms with Gasteiger partial charge in [-0.05, 0) is 30.0 Å². The molecule has 0 aliphatic rings. The lowest BCUT2D eigenvalue weighted by Gasteiger charge is -2.27. The first-order valence-corrected chi connectivity index (χ1v) is 6.97. The van der Waals surface area contributed by atoms with Crippen molar-refractivity contribution < 1.29 is 19.4 Å². The normalized spacial score (nSPS) is 12.6. The van der Waals surface area contributed by atoms with E-state index in [2.05, 4.69) is 5.32 Å². The summed E-state index contributed by atoms with van der Waals surface area (Å²) < 4.78 is 4.99. The number of nitrogens with one attached hydrogen (secondary N) is 1. The molecule has 5 nitrogen and oxygen atoms in total. The molecule has 0 aromatic heterocycles. The van der Waals surface area contributed by atoms with Gasteiger partial charge in [-0.2, -0.15) is 0 Å². The summed E-state index contributed by atoms with van der Waals surface area (Å²) in [5.41, 5.74) is 0.794. The maximum Gasteiger partial charge on any atom is 0.319 e. The number of hydrogen-bond acceptors (Lipinski definition) is 4. The van der Waals surface area contributed by atoms with Gasteiger partial charge >= 0.3 is 5.97 Å². The second-order valence-electron chi connectivity index (χ2n) is 5.90. The Balaban J connectivity index is 2.87. The van der Waals surface area contributed by atoms with E-state index in [9.17, 15) is 9.59 Å². The molecule has 0 aliphatic heterocycles. The Morgan fingerprint density at radius 1 is 1.24 bits per heavy atom. The minimum atomic E-state index is -0.880. The van der Waals surface area contributed by atoms with Gasteiger partial charge in [0.25, 0.3) is 0 Å². The lowest BCUT2D eigenvalue weighted by Crippen LogP contribution is -2.40. The van der Waals surface area contributed by atoms with Gasteiger partial charge in [0.1, 0.15) is 5.92 Å². The Labute approximate surface area is 125 Å². The van der Waals surface area contributed by atoms with Gasteiger partial charge in [-0.25, -0.2) is 0 Å². The number of esters is 1. The van der Waals surface area contributed by atoms with Crippen LogP contribution >= 0.6 is 0 Å². The summed E-state index contributed by atoms with van der Waals surface area (Å²) in [5.74, 6) is -1.79. The van der Waals surface area contributed by atoms with E-state index in [0.29, 0.717) is 5.69 Å². The lowest BCUT2D eigenvalue weighted by molar-refractivity contribution is -0.155. The van der Waals surface area contributed by atoms with E-state index in [1.807, 2.05) is 20.8 Å². The zero-order valence-corrected chi connectivity index (χ0v) is 13.0. The third-order valence-electron chi connectivity index (χ3n) is 3.05. The van der Waals surface area contributed by atoms with E-state index < -0.39 is 23.2 Å². The second-order valence-corrected chi connectivity index (χ2v) is 5.90. The number of aliphatic hydroxyl groups is 1. The van der Waals surface area contributed by atoms with Gasteiger partial charge in [0, 0.05) is 5.69 Å². The molecular weight excluding hydrogens is 270 g/mol. The Morgan fingerprint density at radius 2 is 1.81 bits per heavy atom. The van der Waals surface area contributed by atoms with Crippen molar-refractivity contribution in [1.82, 2.24) is 0 Å². The van der Waals surface area contributed by atoms with Crippen LogP contribution in [0.2, 0.25) is 0 Å². The smallest absolute Gasteiger partial charge is 0.319 e. The summed E-state index contributed by atoms with van der Waals surface area (Å²) in [4.78, 5) is 24.4. The molecule has 21 heavy (non-hydrogen) atoms. The first-order valence-electron chi connectivity index (χ1n) is 6.97. The van der Waals surface area contributed by atoms with Crippen LogP contribution in [0.25, 0.3) is 0 Å². The average Bonchev–Trinajstić information content (AvgIpc) is 2.38. The van der Waals surface area contributed by atoms with Crippen molar-refractivity contribution in [3.63, 3.8) is 0 Å². The summed E-state index contributed by atoms with van der Waals surface area (Å²) in [7, 11) is 0. The first-order chi connectivity index (χ1) is 9.79. The largest absolute Gasteiger partial charge is 0.465 e. The van der Waals surface area contributed by atoms with Crippen LogP contribution in [-0.2, 0) is 20.9 Å². The molecule has 116 valence electrons. The quantitative estimate of drug-likeness (QED) is 0.645. The van der Waals surface area contributed by atoms with Gasteiger partial charge in [0.15, 0.2) is 0 Å². The fourth-order valence-electron chi connectivity index (χ4n) is 1.99. The number of benzene rings is 1. The Bertz CT molecular complexity index is 488. The topological polar surface area (TPSA) is 75.6 Å². The molecule has 0 radical (unpaired) electrons. The van der Waals surface area contributed by atoms with Crippen molar-refractivity contribution in [3.05, 3.63) is 29.8 Å². The van der Waals surface area contributed by atoms with E-state index in [1.54, 1.807) is 31.2 Å². The van der Waals surface area contributed by atoms with Crippen LogP contribution in [0.4, 0.5) is 5.69 Å². The van der Waals surface area contributed by atoms with Gasteiger partial charge in [0.05, 0.1) is 13.2 Å². The molecule has 0 fully saturated rings. The maximum absolute atomic E-state index is 12.4. The minimum Gasteiger partial charge on any atom is -0.465 e. The molecule has 1 aromatic rings. The number of carbonyl (C=O) groups excluding carboxylic acids is 2. The summed E-state index contributed by atoms with van der Waals surface area (Å²) in [6.45, 7) is 7.36. The third-order valence-corrected chi connectivity index (χ3v) is 3.05. The van der Waals surface area contributed by atoms with Crippen molar-refractivity contribution in [2.45, 2.75) is 34.3 Å². The maximum atomic E-state index is 12.4. The highest BCUT2D eigenvalue weighted by Crippen LogP contribution is 2.28. The van der Waals surface area contributed by atoms with Crippen molar-refractivity contribution in [1.29, 1.82) is 0 Å². The van der Waals surface area contributed by atoms with Crippen molar-refractivity contribution in [2.24, 2.45) is 11.3 Å². The highest BCUT2D eigenvalue weighted by atomic mass is 16.5. The molecule has 1 amide bonds. The SMILES string of the molecule is CCOC(=O)C(C(=O)Nc1ccc(CO)cc1)C(C)(C)C. The summed E-state index contributed by atoms with van der Waals surface area (Å²) in [5, 5.41) is 11.7. The molecular formula is C16H23NO4. The fraction of sp³-hybridized carbons (Fsp3) is 0.500. The van der Waals surface area contributed by atoms with Crippen LogP contribution in [-0.4, -0.2) is 23.6 Å². The molecule has 1 rings (SSSR count). The highest BCUT2D eigenvalue weighted by Gasteiger charge is 2.38. The van der Waals surface area contributed by atoms with Crippen LogP contribution in [0.3, 0.4) is 0 Å². The van der Waals surface area contributed by atoms with Gasteiger partial charge in [-0.3, -0.25) is 9.59 Å². The predicted molar refractivity (Wildman–Crippen MR) is 80.6 cm³/mol. The number of carbonyl (C=O) groups is 2. The third kappa shape index (κ3) is 4.86. The number of amides is 1. The lowest BCUT2D eigenvalue weighted by atomic mass is 9.80. The van der Waals surface area contributed by atoms with Gasteiger partial charge in [0.2, 0.25) is 5.91 Å². The predicted octanol–water partition coefficient (Wildman–Crippen LogP) is 2.34. The van der Waals surface area contributed by atoms with Crippen molar-refractivity contribution >= 4 is 17.6 Å². The number of aliphatic hydroxyl groups excluding tert-OH is 1. The molecule has 0 saturated heterocycles. The summed E-state index contributed by atoms with van der Waals surface area (Å²) in [6.07, 6.45) is 0. The van der Waals surface area contributed by atoms with Crippen LogP contribution < -0.4 is 5.32 Å². The van der Waals surface area contributed by atoms with Gasteiger partial charge in [-0.1, -0.05) is 32.9 Å². The molecule has 0 saturated carbocycles. The van der Waals surface area contributed by atoms with E-state index in [0.717, 1.165) is 5.56 Å². The van der Waals surface area contributed by atoms with Crippen LogP contribution in [0.5, 0.6) is 0 Å². The Hall–Kier alpha value is -1.88.